The van der Waals surface area contributed by atoms with Crippen molar-refractivity contribution in [1.82, 2.24) is 10.6 Å². The molecule has 200 valence electrons. The van der Waals surface area contributed by atoms with Gasteiger partial charge in [-0.2, -0.15) is 0 Å². The van der Waals surface area contributed by atoms with E-state index in [-0.39, 0.29) is 30.0 Å². The maximum absolute atomic E-state index is 12.8. The molecule has 12 heteroatoms. The summed E-state index contributed by atoms with van der Waals surface area (Å²) in [6, 6.07) is 7.07. The van der Waals surface area contributed by atoms with Gasteiger partial charge in [0.15, 0.2) is 5.96 Å². The molecule has 0 saturated carbocycles. The number of β-amino-alcohol motifs (C(OH)–C–C–N with tert-alkyl or cyclic N) is 1. The molecule has 37 heavy (non-hydrogen) atoms. The first-order chi connectivity index (χ1) is 17.3. The van der Waals surface area contributed by atoms with Crippen molar-refractivity contribution in [3.8, 4) is 11.5 Å². The first kappa shape index (κ1) is 28.1. The first-order valence-corrected chi connectivity index (χ1v) is 12.5. The molecule has 3 rings (SSSR count). The molecule has 1 aliphatic heterocycles. The molecule has 2 atom stereocenters. The first-order valence-electron chi connectivity index (χ1n) is 11.7. The molecule has 0 aromatic heterocycles. The Morgan fingerprint density at radius 1 is 1.16 bits per heavy atom. The van der Waals surface area contributed by atoms with E-state index in [1.165, 1.54) is 12.1 Å². The van der Waals surface area contributed by atoms with Crippen molar-refractivity contribution in [2.45, 2.75) is 44.8 Å². The van der Waals surface area contributed by atoms with E-state index >= 15 is 0 Å². The minimum Gasteiger partial charge on any atom is -0.508 e. The van der Waals surface area contributed by atoms with Crippen LogP contribution in [0.25, 0.3) is 0 Å². The van der Waals surface area contributed by atoms with Crippen LogP contribution in [0.15, 0.2) is 39.8 Å². The van der Waals surface area contributed by atoms with Crippen LogP contribution >= 0.6 is 15.9 Å². The van der Waals surface area contributed by atoms with Gasteiger partial charge in [0.2, 0.25) is 5.91 Å². The topological polar surface area (TPSA) is 176 Å². The molecule has 0 spiro atoms. The Balaban J connectivity index is 1.72. The van der Waals surface area contributed by atoms with Gasteiger partial charge in [0.25, 0.3) is 0 Å². The number of aromatic hydroxyl groups is 2. The summed E-state index contributed by atoms with van der Waals surface area (Å²) in [6.07, 6.45) is -0.988. The van der Waals surface area contributed by atoms with E-state index < -0.39 is 30.4 Å². The molecule has 1 aliphatic rings. The number of guanidine groups is 1. The standard InChI is InChI=1S/C25H32BrN5O6/c1-25(2,3)13-4-18(23(37)19(26)5-13)20(9-22(35)36)31-21(34)12-27-14-6-15(8-16(32)7-14)30-24-28-10-17(33)11-29-24/h4-8,17,20,27,32-33,37H,9-12H2,1-3H3,(H,31,34)(H,35,36)(H2,28,29,30)/t20-/m0/s1. The van der Waals surface area contributed by atoms with Crippen molar-refractivity contribution >= 4 is 45.1 Å². The van der Waals surface area contributed by atoms with Gasteiger partial charge in [-0.3, -0.25) is 14.6 Å². The number of phenolic OH excluding ortho intramolecular Hbond substituents is 2. The largest absolute Gasteiger partial charge is 0.508 e. The second-order valence-corrected chi connectivity index (χ2v) is 10.7. The van der Waals surface area contributed by atoms with Crippen molar-refractivity contribution in [2.24, 2.45) is 4.99 Å². The quantitative estimate of drug-likeness (QED) is 0.234. The van der Waals surface area contributed by atoms with Gasteiger partial charge < -0.3 is 41.7 Å². The van der Waals surface area contributed by atoms with Crippen molar-refractivity contribution < 1.29 is 30.0 Å². The molecule has 1 amide bonds. The van der Waals surface area contributed by atoms with Crippen molar-refractivity contribution in [3.05, 3.63) is 45.9 Å². The third-order valence-corrected chi connectivity index (χ3v) is 6.25. The van der Waals surface area contributed by atoms with Crippen LogP contribution in [0.2, 0.25) is 0 Å². The van der Waals surface area contributed by atoms with Gasteiger partial charge in [0.1, 0.15) is 11.5 Å². The molecule has 11 nitrogen and oxygen atoms in total. The Morgan fingerprint density at radius 2 is 1.86 bits per heavy atom. The maximum Gasteiger partial charge on any atom is 0.305 e. The smallest absolute Gasteiger partial charge is 0.305 e. The van der Waals surface area contributed by atoms with E-state index in [4.69, 9.17) is 0 Å². The molecular weight excluding hydrogens is 546 g/mol. The minimum absolute atomic E-state index is 0.0538. The lowest BCUT2D eigenvalue weighted by Crippen LogP contribution is -2.42. The Hall–Kier alpha value is -3.51. The number of halogens is 1. The molecule has 0 radical (unpaired) electrons. The second kappa shape index (κ2) is 11.7. The third kappa shape index (κ3) is 7.99. The number of aliphatic hydroxyl groups excluding tert-OH is 1. The monoisotopic (exact) mass is 577 g/mol. The molecule has 1 heterocycles. The normalized spacial score (nSPS) is 16.2. The van der Waals surface area contributed by atoms with E-state index in [2.05, 4.69) is 42.2 Å². The summed E-state index contributed by atoms with van der Waals surface area (Å²) >= 11 is 3.33. The highest BCUT2D eigenvalue weighted by molar-refractivity contribution is 9.10. The number of anilines is 2. The van der Waals surface area contributed by atoms with Crippen LogP contribution in [0.3, 0.4) is 0 Å². The fraction of sp³-hybridized carbons (Fsp3) is 0.400. The van der Waals surface area contributed by atoms with Crippen molar-refractivity contribution in [1.29, 1.82) is 0 Å². The Morgan fingerprint density at radius 3 is 2.49 bits per heavy atom. The van der Waals surface area contributed by atoms with Gasteiger partial charge in [0, 0.05) is 35.6 Å². The van der Waals surface area contributed by atoms with Crippen LogP contribution in [0.4, 0.5) is 11.4 Å². The number of carboxylic acids is 1. The van der Waals surface area contributed by atoms with Gasteiger partial charge in [-0.15, -0.1) is 0 Å². The number of aliphatic hydroxyl groups is 1. The molecule has 8 N–H and O–H groups in total. The summed E-state index contributed by atoms with van der Waals surface area (Å²) in [7, 11) is 0. The fourth-order valence-electron chi connectivity index (χ4n) is 3.70. The molecule has 1 unspecified atom stereocenters. The highest BCUT2D eigenvalue weighted by Crippen LogP contribution is 2.38. The van der Waals surface area contributed by atoms with Gasteiger partial charge in [-0.1, -0.05) is 20.8 Å². The number of carbonyl (C=O) groups excluding carboxylic acids is 1. The van der Waals surface area contributed by atoms with Crippen LogP contribution in [-0.2, 0) is 15.0 Å². The number of nitrogens with zero attached hydrogens (tertiary/aromatic N) is 1. The molecule has 0 aliphatic carbocycles. The number of nitrogens with one attached hydrogen (secondary N) is 4. The number of amides is 1. The lowest BCUT2D eigenvalue weighted by molar-refractivity contribution is -0.137. The second-order valence-electron chi connectivity index (χ2n) is 9.84. The van der Waals surface area contributed by atoms with Crippen LogP contribution in [0, 0.1) is 0 Å². The SMILES string of the molecule is CC(C)(C)c1cc(Br)c(O)c([C@H](CC(=O)O)NC(=O)CNc2cc(O)cc(NC3=NCC(O)CN3)c2)c1. The number of rotatable bonds is 8. The Kier molecular flexibility index (Phi) is 8.87. The minimum atomic E-state index is -1.13. The predicted octanol–water partition coefficient (Wildman–Crippen LogP) is 2.63. The van der Waals surface area contributed by atoms with Gasteiger partial charge in [0.05, 0.1) is 36.1 Å². The number of benzene rings is 2. The van der Waals surface area contributed by atoms with Crippen LogP contribution in [0.5, 0.6) is 11.5 Å². The summed E-state index contributed by atoms with van der Waals surface area (Å²) in [4.78, 5) is 28.5. The average molecular weight is 578 g/mol. The summed E-state index contributed by atoms with van der Waals surface area (Å²) < 4.78 is 0.407. The zero-order chi connectivity index (χ0) is 27.3. The number of carbonyl (C=O) groups is 2. The lowest BCUT2D eigenvalue weighted by atomic mass is 9.85. The number of phenols is 2. The zero-order valence-electron chi connectivity index (χ0n) is 20.8. The summed E-state index contributed by atoms with van der Waals surface area (Å²) in [5.41, 5.74) is 1.82. The summed E-state index contributed by atoms with van der Waals surface area (Å²) in [5, 5.41) is 51.2. The third-order valence-electron chi connectivity index (χ3n) is 5.65. The highest BCUT2D eigenvalue weighted by Gasteiger charge is 2.25. The van der Waals surface area contributed by atoms with Crippen molar-refractivity contribution in [2.75, 3.05) is 30.3 Å². The Labute approximate surface area is 223 Å². The summed E-state index contributed by atoms with van der Waals surface area (Å²) in [5.74, 6) is -1.39. The maximum atomic E-state index is 12.8. The van der Waals surface area contributed by atoms with E-state index in [0.29, 0.717) is 33.9 Å². The van der Waals surface area contributed by atoms with Gasteiger partial charge in [-0.25, -0.2) is 0 Å². The number of carboxylic acid groups (broad SMARTS) is 1. The molecule has 2 aromatic carbocycles. The number of aliphatic imine (C=N–C) groups is 1. The van der Waals surface area contributed by atoms with Crippen LogP contribution in [-0.4, -0.2) is 64.0 Å². The van der Waals surface area contributed by atoms with Crippen molar-refractivity contribution in [3.63, 3.8) is 0 Å². The van der Waals surface area contributed by atoms with E-state index in [1.54, 1.807) is 18.2 Å². The lowest BCUT2D eigenvalue weighted by Gasteiger charge is -2.25. The molecule has 0 saturated heterocycles. The summed E-state index contributed by atoms with van der Waals surface area (Å²) in [6.45, 7) is 6.35. The van der Waals surface area contributed by atoms with Gasteiger partial charge >= 0.3 is 5.97 Å². The molecular formula is C25H32BrN5O6. The number of aliphatic carboxylic acids is 1. The fourth-order valence-corrected chi connectivity index (χ4v) is 4.17. The molecule has 0 bridgehead atoms. The van der Waals surface area contributed by atoms with E-state index in [0.717, 1.165) is 5.56 Å². The molecule has 0 fully saturated rings. The zero-order valence-corrected chi connectivity index (χ0v) is 22.4. The van der Waals surface area contributed by atoms with E-state index in [1.807, 2.05) is 20.8 Å². The number of hydrogen-bond donors (Lipinski definition) is 8. The van der Waals surface area contributed by atoms with Crippen LogP contribution in [0.1, 0.15) is 44.4 Å². The predicted molar refractivity (Wildman–Crippen MR) is 144 cm³/mol. The highest BCUT2D eigenvalue weighted by atomic mass is 79.9. The van der Waals surface area contributed by atoms with Gasteiger partial charge in [-0.05, 0) is 45.1 Å². The van der Waals surface area contributed by atoms with Crippen LogP contribution < -0.4 is 21.3 Å². The Bertz CT molecular complexity index is 1200. The number of hydrogen-bond acceptors (Lipinski definition) is 9. The van der Waals surface area contributed by atoms with E-state index in [9.17, 15) is 30.0 Å². The molecule has 2 aromatic rings. The average Bonchev–Trinajstić information content (AvgIpc) is 2.79.